The summed E-state index contributed by atoms with van der Waals surface area (Å²) in [6, 6.07) is 0. The Morgan fingerprint density at radius 3 is 2.81 bits per heavy atom. The fourth-order valence-electron chi connectivity index (χ4n) is 1.30. The van der Waals surface area contributed by atoms with Gasteiger partial charge in [-0.3, -0.25) is 0 Å². The Morgan fingerprint density at radius 1 is 1.62 bits per heavy atom. The molecule has 1 heterocycles. The number of imidazole rings is 1. The Labute approximate surface area is 96.2 Å². The van der Waals surface area contributed by atoms with Crippen LogP contribution in [0, 0.1) is 6.92 Å². The first kappa shape index (κ1) is 12.9. The smallest absolute Gasteiger partial charge is 0.259 e. The molecule has 1 aromatic rings. The minimum Gasteiger partial charge on any atom is -0.334 e. The minimum atomic E-state index is -3.47. The third-order valence-corrected chi connectivity index (χ3v) is 3.54. The molecule has 0 radical (unpaired) electrons. The molecule has 0 aliphatic carbocycles. The molecule has 5 nitrogen and oxygen atoms in total. The van der Waals surface area contributed by atoms with Crippen LogP contribution in [0.4, 0.5) is 0 Å². The van der Waals surface area contributed by atoms with Crippen LogP contribution in [0.2, 0.25) is 0 Å². The number of hydrogen-bond donors (Lipinski definition) is 1. The highest BCUT2D eigenvalue weighted by molar-refractivity contribution is 7.89. The van der Waals surface area contributed by atoms with Crippen LogP contribution >= 0.6 is 0 Å². The SMILES string of the molecule is C=CCCNS(=O)(=O)c1cn(CC)c(C)n1. The van der Waals surface area contributed by atoms with Gasteiger partial charge in [-0.2, -0.15) is 0 Å². The highest BCUT2D eigenvalue weighted by atomic mass is 32.2. The molecule has 90 valence electrons. The maximum Gasteiger partial charge on any atom is 0.259 e. The molecular formula is C10H17N3O2S. The van der Waals surface area contributed by atoms with E-state index in [4.69, 9.17) is 0 Å². The van der Waals surface area contributed by atoms with Crippen molar-refractivity contribution in [2.75, 3.05) is 6.54 Å². The number of nitrogens with one attached hydrogen (secondary N) is 1. The molecule has 0 bridgehead atoms. The zero-order valence-corrected chi connectivity index (χ0v) is 10.4. The van der Waals surface area contributed by atoms with Crippen molar-refractivity contribution in [3.63, 3.8) is 0 Å². The molecular weight excluding hydrogens is 226 g/mol. The van der Waals surface area contributed by atoms with Crippen molar-refractivity contribution >= 4 is 10.0 Å². The molecule has 0 unspecified atom stereocenters. The summed E-state index contributed by atoms with van der Waals surface area (Å²) < 4.78 is 27.8. The lowest BCUT2D eigenvalue weighted by atomic mass is 10.4. The average Bonchev–Trinajstić information content (AvgIpc) is 2.60. The summed E-state index contributed by atoms with van der Waals surface area (Å²) in [4.78, 5) is 4.02. The van der Waals surface area contributed by atoms with E-state index < -0.39 is 10.0 Å². The van der Waals surface area contributed by atoms with Crippen LogP contribution in [-0.4, -0.2) is 24.5 Å². The number of sulfonamides is 1. The molecule has 0 saturated heterocycles. The molecule has 0 spiro atoms. The van der Waals surface area contributed by atoms with Crippen LogP contribution < -0.4 is 4.72 Å². The molecule has 0 fully saturated rings. The fourth-order valence-corrected chi connectivity index (χ4v) is 2.35. The van der Waals surface area contributed by atoms with Gasteiger partial charge in [-0.25, -0.2) is 18.1 Å². The van der Waals surface area contributed by atoms with E-state index in [0.29, 0.717) is 25.3 Å². The van der Waals surface area contributed by atoms with E-state index in [1.807, 2.05) is 6.92 Å². The molecule has 0 saturated carbocycles. The molecule has 16 heavy (non-hydrogen) atoms. The lowest BCUT2D eigenvalue weighted by molar-refractivity contribution is 0.578. The van der Waals surface area contributed by atoms with E-state index in [2.05, 4.69) is 16.3 Å². The Kier molecular flexibility index (Phi) is 4.26. The number of rotatable bonds is 6. The lowest BCUT2D eigenvalue weighted by Crippen LogP contribution is -2.24. The number of aryl methyl sites for hydroxylation is 2. The largest absolute Gasteiger partial charge is 0.334 e. The molecule has 6 heteroatoms. The van der Waals surface area contributed by atoms with Gasteiger partial charge in [0.15, 0.2) is 5.03 Å². The van der Waals surface area contributed by atoms with Crippen LogP contribution in [0.1, 0.15) is 19.2 Å². The van der Waals surface area contributed by atoms with Gasteiger partial charge in [0, 0.05) is 19.3 Å². The van der Waals surface area contributed by atoms with Crippen LogP contribution in [0.15, 0.2) is 23.9 Å². The van der Waals surface area contributed by atoms with E-state index in [-0.39, 0.29) is 5.03 Å². The number of hydrogen-bond acceptors (Lipinski definition) is 3. The van der Waals surface area contributed by atoms with E-state index in [0.717, 1.165) is 0 Å². The Balaban J connectivity index is 2.85. The van der Waals surface area contributed by atoms with Gasteiger partial charge in [0.2, 0.25) is 0 Å². The third kappa shape index (κ3) is 2.93. The molecule has 1 N–H and O–H groups in total. The third-order valence-electron chi connectivity index (χ3n) is 2.21. The zero-order valence-electron chi connectivity index (χ0n) is 9.60. The Hall–Kier alpha value is -1.14. The van der Waals surface area contributed by atoms with E-state index in [1.54, 1.807) is 23.8 Å². The molecule has 0 amide bonds. The maximum atomic E-state index is 11.8. The molecule has 1 aromatic heterocycles. The summed E-state index contributed by atoms with van der Waals surface area (Å²) in [5, 5.41) is 0.0795. The van der Waals surface area contributed by atoms with Crippen LogP contribution in [0.3, 0.4) is 0 Å². The van der Waals surface area contributed by atoms with Crippen LogP contribution in [0.25, 0.3) is 0 Å². The second-order valence-electron chi connectivity index (χ2n) is 3.39. The van der Waals surface area contributed by atoms with Crippen molar-refractivity contribution in [1.82, 2.24) is 14.3 Å². The zero-order chi connectivity index (χ0) is 12.2. The standard InChI is InChI=1S/C10H17N3O2S/c1-4-6-7-11-16(14,15)10-8-13(5-2)9(3)12-10/h4,8,11H,1,5-7H2,2-3H3. The predicted molar refractivity (Wildman–Crippen MR) is 62.6 cm³/mol. The summed E-state index contributed by atoms with van der Waals surface area (Å²) in [5.41, 5.74) is 0. The lowest BCUT2D eigenvalue weighted by Gasteiger charge is -2.01. The van der Waals surface area contributed by atoms with Gasteiger partial charge in [-0.15, -0.1) is 6.58 Å². The van der Waals surface area contributed by atoms with Gasteiger partial charge in [0.25, 0.3) is 10.0 Å². The van der Waals surface area contributed by atoms with Crippen molar-refractivity contribution in [1.29, 1.82) is 0 Å². The van der Waals surface area contributed by atoms with Crippen molar-refractivity contribution in [2.24, 2.45) is 0 Å². The second kappa shape index (κ2) is 5.27. The fraction of sp³-hybridized carbons (Fsp3) is 0.500. The molecule has 0 aromatic carbocycles. The first-order valence-corrected chi connectivity index (χ1v) is 6.64. The number of nitrogens with zero attached hydrogens (tertiary/aromatic N) is 2. The van der Waals surface area contributed by atoms with Crippen molar-refractivity contribution in [2.45, 2.75) is 31.8 Å². The first-order valence-electron chi connectivity index (χ1n) is 5.15. The van der Waals surface area contributed by atoms with E-state index >= 15 is 0 Å². The Morgan fingerprint density at radius 2 is 2.31 bits per heavy atom. The summed E-state index contributed by atoms with van der Waals surface area (Å²) in [5.74, 6) is 0.701. The highest BCUT2D eigenvalue weighted by Gasteiger charge is 2.17. The molecule has 1 rings (SSSR count). The summed E-state index contributed by atoms with van der Waals surface area (Å²) in [7, 11) is -3.47. The molecule has 0 aliphatic rings. The summed E-state index contributed by atoms with van der Waals surface area (Å²) in [6.07, 6.45) is 3.82. The number of aromatic nitrogens is 2. The van der Waals surface area contributed by atoms with E-state index in [1.165, 1.54) is 0 Å². The second-order valence-corrected chi connectivity index (χ2v) is 5.10. The first-order chi connectivity index (χ1) is 7.51. The van der Waals surface area contributed by atoms with Crippen molar-refractivity contribution < 1.29 is 8.42 Å². The highest BCUT2D eigenvalue weighted by Crippen LogP contribution is 2.08. The topological polar surface area (TPSA) is 64.0 Å². The van der Waals surface area contributed by atoms with Crippen molar-refractivity contribution in [3.8, 4) is 0 Å². The maximum absolute atomic E-state index is 11.8. The van der Waals surface area contributed by atoms with Gasteiger partial charge in [-0.1, -0.05) is 6.08 Å². The van der Waals surface area contributed by atoms with Gasteiger partial charge in [0.1, 0.15) is 5.82 Å². The van der Waals surface area contributed by atoms with Gasteiger partial charge >= 0.3 is 0 Å². The predicted octanol–water partition coefficient (Wildman–Crippen LogP) is 1.07. The normalized spacial score (nSPS) is 11.6. The van der Waals surface area contributed by atoms with Gasteiger partial charge < -0.3 is 4.57 Å². The van der Waals surface area contributed by atoms with Crippen LogP contribution in [-0.2, 0) is 16.6 Å². The summed E-state index contributed by atoms with van der Waals surface area (Å²) in [6.45, 7) is 8.32. The van der Waals surface area contributed by atoms with Crippen LogP contribution in [0.5, 0.6) is 0 Å². The van der Waals surface area contributed by atoms with Crippen molar-refractivity contribution in [3.05, 3.63) is 24.7 Å². The Bertz CT molecular complexity index is 462. The van der Waals surface area contributed by atoms with Gasteiger partial charge in [0.05, 0.1) is 0 Å². The van der Waals surface area contributed by atoms with Gasteiger partial charge in [-0.05, 0) is 20.3 Å². The molecule has 0 aliphatic heterocycles. The summed E-state index contributed by atoms with van der Waals surface area (Å²) >= 11 is 0. The average molecular weight is 243 g/mol. The quantitative estimate of drug-likeness (QED) is 0.600. The minimum absolute atomic E-state index is 0.0795. The van der Waals surface area contributed by atoms with E-state index in [9.17, 15) is 8.42 Å². The monoisotopic (exact) mass is 243 g/mol. The molecule has 0 atom stereocenters.